The molecule has 4 nitrogen and oxygen atoms in total. The Kier molecular flexibility index (Phi) is 6.48. The Hall–Kier alpha value is -2.46. The van der Waals surface area contributed by atoms with Crippen molar-refractivity contribution in [3.8, 4) is 0 Å². The van der Waals surface area contributed by atoms with Crippen molar-refractivity contribution in [2.45, 2.75) is 33.7 Å². The third-order valence-electron chi connectivity index (χ3n) is 4.31. The van der Waals surface area contributed by atoms with Gasteiger partial charge in [-0.05, 0) is 50.6 Å². The summed E-state index contributed by atoms with van der Waals surface area (Å²) in [5, 5.41) is 6.14. The topological polar surface area (TPSA) is 58.2 Å². The number of hydrogen-bond donors (Lipinski definition) is 2. The van der Waals surface area contributed by atoms with Crippen molar-refractivity contribution >= 4 is 11.7 Å². The van der Waals surface area contributed by atoms with Crippen molar-refractivity contribution in [2.24, 2.45) is 0 Å². The second-order valence-corrected chi connectivity index (χ2v) is 6.34. The smallest absolute Gasteiger partial charge is 0.252 e. The molecule has 0 radical (unpaired) electrons. The van der Waals surface area contributed by atoms with Crippen LogP contribution in [0.25, 0.3) is 0 Å². The van der Waals surface area contributed by atoms with Gasteiger partial charge in [-0.1, -0.05) is 37.3 Å². The number of benzene rings is 2. The standard InChI is InChI=1S/C21H26N2O2/c1-5-22-16(4)13-23-21(25)19-9-7-6-8-18(19)20(24)17-11-10-14(2)15(3)12-17/h6-12,16,22H,5,13H2,1-4H3,(H,23,25)/t16-/m1/s1. The van der Waals surface area contributed by atoms with E-state index in [1.54, 1.807) is 24.3 Å². The Bertz CT molecular complexity index is 768. The van der Waals surface area contributed by atoms with E-state index in [-0.39, 0.29) is 17.7 Å². The minimum atomic E-state index is -0.225. The van der Waals surface area contributed by atoms with Gasteiger partial charge in [-0.25, -0.2) is 0 Å². The van der Waals surface area contributed by atoms with E-state index in [9.17, 15) is 9.59 Å². The van der Waals surface area contributed by atoms with Crippen molar-refractivity contribution < 1.29 is 9.59 Å². The molecular formula is C21H26N2O2. The Morgan fingerprint density at radius 3 is 2.32 bits per heavy atom. The predicted octanol–water partition coefficient (Wildman–Crippen LogP) is 3.26. The van der Waals surface area contributed by atoms with Crippen molar-refractivity contribution in [3.63, 3.8) is 0 Å². The van der Waals surface area contributed by atoms with Gasteiger partial charge in [0.25, 0.3) is 5.91 Å². The molecule has 2 aromatic carbocycles. The van der Waals surface area contributed by atoms with Crippen LogP contribution in [0.3, 0.4) is 0 Å². The molecule has 0 aliphatic rings. The van der Waals surface area contributed by atoms with Crippen LogP contribution in [0.4, 0.5) is 0 Å². The molecule has 0 aliphatic heterocycles. The first-order valence-corrected chi connectivity index (χ1v) is 8.66. The van der Waals surface area contributed by atoms with Gasteiger partial charge in [0.05, 0.1) is 5.56 Å². The maximum atomic E-state index is 12.9. The van der Waals surface area contributed by atoms with Gasteiger partial charge in [0.15, 0.2) is 5.78 Å². The van der Waals surface area contributed by atoms with E-state index < -0.39 is 0 Å². The average Bonchev–Trinajstić information content (AvgIpc) is 2.61. The SMILES string of the molecule is CCN[C@H](C)CNC(=O)c1ccccc1C(=O)c1ccc(C)c(C)c1. The molecule has 0 saturated heterocycles. The molecule has 2 aromatic rings. The molecule has 2 rings (SSSR count). The van der Waals surface area contributed by atoms with E-state index in [2.05, 4.69) is 10.6 Å². The number of carbonyl (C=O) groups is 2. The molecule has 25 heavy (non-hydrogen) atoms. The number of rotatable bonds is 7. The van der Waals surface area contributed by atoms with E-state index in [1.165, 1.54) is 0 Å². The molecule has 0 heterocycles. The highest BCUT2D eigenvalue weighted by atomic mass is 16.2. The second-order valence-electron chi connectivity index (χ2n) is 6.34. The van der Waals surface area contributed by atoms with E-state index >= 15 is 0 Å². The fourth-order valence-electron chi connectivity index (χ4n) is 2.68. The van der Waals surface area contributed by atoms with Crippen LogP contribution in [0, 0.1) is 13.8 Å². The molecule has 1 amide bonds. The summed E-state index contributed by atoms with van der Waals surface area (Å²) in [5.41, 5.74) is 3.64. The molecule has 2 N–H and O–H groups in total. The Balaban J connectivity index is 2.23. The quantitative estimate of drug-likeness (QED) is 0.762. The van der Waals surface area contributed by atoms with Crippen molar-refractivity contribution in [3.05, 3.63) is 70.3 Å². The number of hydrogen-bond acceptors (Lipinski definition) is 3. The van der Waals surface area contributed by atoms with Gasteiger partial charge < -0.3 is 10.6 Å². The van der Waals surface area contributed by atoms with Gasteiger partial charge in [0, 0.05) is 23.7 Å². The normalized spacial score (nSPS) is 11.8. The van der Waals surface area contributed by atoms with Gasteiger partial charge in [-0.15, -0.1) is 0 Å². The van der Waals surface area contributed by atoms with E-state index in [4.69, 9.17) is 0 Å². The van der Waals surface area contributed by atoms with Gasteiger partial charge >= 0.3 is 0 Å². The number of ketones is 1. The van der Waals surface area contributed by atoms with Gasteiger partial charge in [-0.3, -0.25) is 9.59 Å². The van der Waals surface area contributed by atoms with E-state index in [0.717, 1.165) is 17.7 Å². The lowest BCUT2D eigenvalue weighted by atomic mass is 9.95. The Labute approximate surface area is 149 Å². The van der Waals surface area contributed by atoms with Crippen LogP contribution in [0.2, 0.25) is 0 Å². The first-order chi connectivity index (χ1) is 11.9. The van der Waals surface area contributed by atoms with E-state index in [1.807, 2.05) is 45.9 Å². The highest BCUT2D eigenvalue weighted by Crippen LogP contribution is 2.17. The van der Waals surface area contributed by atoms with Gasteiger partial charge in [0.1, 0.15) is 0 Å². The monoisotopic (exact) mass is 338 g/mol. The highest BCUT2D eigenvalue weighted by Gasteiger charge is 2.18. The maximum Gasteiger partial charge on any atom is 0.252 e. The lowest BCUT2D eigenvalue weighted by Crippen LogP contribution is -2.39. The molecule has 0 aliphatic carbocycles. The lowest BCUT2D eigenvalue weighted by molar-refractivity contribution is 0.0939. The zero-order chi connectivity index (χ0) is 18.4. The predicted molar refractivity (Wildman–Crippen MR) is 101 cm³/mol. The van der Waals surface area contributed by atoms with Gasteiger partial charge in [-0.2, -0.15) is 0 Å². The maximum absolute atomic E-state index is 12.9. The van der Waals surface area contributed by atoms with Crippen LogP contribution in [0.15, 0.2) is 42.5 Å². The number of carbonyl (C=O) groups excluding carboxylic acids is 2. The van der Waals surface area contributed by atoms with E-state index in [0.29, 0.717) is 23.2 Å². The Morgan fingerprint density at radius 1 is 1.00 bits per heavy atom. The molecule has 0 aromatic heterocycles. The molecule has 0 fully saturated rings. The number of aryl methyl sites for hydroxylation is 2. The molecule has 0 spiro atoms. The molecule has 0 saturated carbocycles. The van der Waals surface area contributed by atoms with Crippen LogP contribution in [0.1, 0.15) is 51.3 Å². The number of nitrogens with one attached hydrogen (secondary N) is 2. The second kappa shape index (κ2) is 8.58. The summed E-state index contributed by atoms with van der Waals surface area (Å²) < 4.78 is 0. The third-order valence-corrected chi connectivity index (χ3v) is 4.31. The molecule has 1 atom stereocenters. The number of amides is 1. The van der Waals surface area contributed by atoms with Crippen LogP contribution < -0.4 is 10.6 Å². The van der Waals surface area contributed by atoms with Crippen LogP contribution in [-0.4, -0.2) is 30.8 Å². The van der Waals surface area contributed by atoms with Gasteiger partial charge in [0.2, 0.25) is 0 Å². The summed E-state index contributed by atoms with van der Waals surface area (Å²) >= 11 is 0. The zero-order valence-corrected chi connectivity index (χ0v) is 15.3. The van der Waals surface area contributed by atoms with Crippen molar-refractivity contribution in [1.82, 2.24) is 10.6 Å². The summed E-state index contributed by atoms with van der Waals surface area (Å²) in [4.78, 5) is 25.4. The largest absolute Gasteiger partial charge is 0.350 e. The summed E-state index contributed by atoms with van der Waals surface area (Å²) in [6, 6.07) is 12.8. The number of likely N-dealkylation sites (N-methyl/N-ethyl adjacent to an activating group) is 1. The minimum absolute atomic E-state index is 0.131. The van der Waals surface area contributed by atoms with Crippen LogP contribution >= 0.6 is 0 Å². The lowest BCUT2D eigenvalue weighted by Gasteiger charge is -2.14. The van der Waals surface area contributed by atoms with Crippen molar-refractivity contribution in [1.29, 1.82) is 0 Å². The molecule has 0 unspecified atom stereocenters. The highest BCUT2D eigenvalue weighted by molar-refractivity contribution is 6.15. The first kappa shape index (κ1) is 18.9. The summed E-state index contributed by atoms with van der Waals surface area (Å²) in [6.45, 7) is 9.38. The first-order valence-electron chi connectivity index (χ1n) is 8.66. The third kappa shape index (κ3) is 4.77. The van der Waals surface area contributed by atoms with Crippen LogP contribution in [0.5, 0.6) is 0 Å². The fourth-order valence-corrected chi connectivity index (χ4v) is 2.68. The summed E-state index contributed by atoms with van der Waals surface area (Å²) in [5.74, 6) is -0.355. The molecule has 4 heteroatoms. The van der Waals surface area contributed by atoms with Crippen molar-refractivity contribution in [2.75, 3.05) is 13.1 Å². The Morgan fingerprint density at radius 2 is 1.68 bits per heavy atom. The zero-order valence-electron chi connectivity index (χ0n) is 15.3. The minimum Gasteiger partial charge on any atom is -0.350 e. The molecular weight excluding hydrogens is 312 g/mol. The fraction of sp³-hybridized carbons (Fsp3) is 0.333. The molecule has 0 bridgehead atoms. The molecule has 132 valence electrons. The summed E-state index contributed by atoms with van der Waals surface area (Å²) in [7, 11) is 0. The average molecular weight is 338 g/mol. The van der Waals surface area contributed by atoms with Crippen LogP contribution in [-0.2, 0) is 0 Å². The summed E-state index contributed by atoms with van der Waals surface area (Å²) in [6.07, 6.45) is 0.